The van der Waals surface area contributed by atoms with E-state index in [-0.39, 0.29) is 0 Å². The minimum Gasteiger partial charge on any atom is -0.383 e. The molecule has 76 valence electrons. The van der Waals surface area contributed by atoms with Gasteiger partial charge < -0.3 is 10.1 Å². The van der Waals surface area contributed by atoms with Crippen LogP contribution in [0, 0.1) is 0 Å². The standard InChI is InChI=1S/C11H21NO/c1-10(2)11(3)6-5-7-12-8-9-13-4/h6,12H,1,5,7-9H2,2-4H3. The predicted octanol–water partition coefficient (Wildman–Crippen LogP) is 2.13. The van der Waals surface area contributed by atoms with Crippen LogP contribution < -0.4 is 5.32 Å². The van der Waals surface area contributed by atoms with Gasteiger partial charge >= 0.3 is 0 Å². The van der Waals surface area contributed by atoms with Crippen molar-refractivity contribution in [2.24, 2.45) is 0 Å². The van der Waals surface area contributed by atoms with E-state index in [2.05, 4.69) is 24.9 Å². The Morgan fingerprint density at radius 1 is 1.38 bits per heavy atom. The van der Waals surface area contributed by atoms with Gasteiger partial charge in [-0.3, -0.25) is 0 Å². The van der Waals surface area contributed by atoms with Gasteiger partial charge in [0.25, 0.3) is 0 Å². The average molecular weight is 183 g/mol. The van der Waals surface area contributed by atoms with Gasteiger partial charge in [0.1, 0.15) is 0 Å². The molecule has 13 heavy (non-hydrogen) atoms. The van der Waals surface area contributed by atoms with Gasteiger partial charge in [-0.05, 0) is 26.8 Å². The number of hydrogen-bond donors (Lipinski definition) is 1. The van der Waals surface area contributed by atoms with Crippen LogP contribution in [0.1, 0.15) is 20.3 Å². The van der Waals surface area contributed by atoms with Gasteiger partial charge in [0, 0.05) is 13.7 Å². The normalized spacial score (nSPS) is 11.8. The van der Waals surface area contributed by atoms with Crippen LogP contribution in [0.2, 0.25) is 0 Å². The zero-order chi connectivity index (χ0) is 10.1. The highest BCUT2D eigenvalue weighted by molar-refractivity contribution is 5.23. The molecule has 0 aliphatic rings. The van der Waals surface area contributed by atoms with Gasteiger partial charge in [0.15, 0.2) is 0 Å². The van der Waals surface area contributed by atoms with Crippen molar-refractivity contribution in [2.75, 3.05) is 26.8 Å². The molecule has 1 N–H and O–H groups in total. The van der Waals surface area contributed by atoms with Crippen molar-refractivity contribution >= 4 is 0 Å². The molecular formula is C11H21NO. The van der Waals surface area contributed by atoms with Crippen molar-refractivity contribution in [3.63, 3.8) is 0 Å². The van der Waals surface area contributed by atoms with Crippen molar-refractivity contribution in [3.05, 3.63) is 23.8 Å². The molecule has 0 saturated carbocycles. The predicted molar refractivity (Wildman–Crippen MR) is 57.9 cm³/mol. The zero-order valence-electron chi connectivity index (χ0n) is 9.02. The van der Waals surface area contributed by atoms with Crippen LogP contribution in [0.5, 0.6) is 0 Å². The Kier molecular flexibility index (Phi) is 7.65. The van der Waals surface area contributed by atoms with E-state index in [1.807, 2.05) is 6.92 Å². The molecule has 0 amide bonds. The second kappa shape index (κ2) is 8.02. The molecule has 0 heterocycles. The first kappa shape index (κ1) is 12.4. The zero-order valence-corrected chi connectivity index (χ0v) is 9.02. The van der Waals surface area contributed by atoms with Crippen molar-refractivity contribution in [1.82, 2.24) is 5.32 Å². The molecule has 0 spiro atoms. The largest absolute Gasteiger partial charge is 0.383 e. The summed E-state index contributed by atoms with van der Waals surface area (Å²) in [6, 6.07) is 0. The van der Waals surface area contributed by atoms with E-state index in [1.54, 1.807) is 7.11 Å². The fraction of sp³-hybridized carbons (Fsp3) is 0.636. The third-order valence-corrected chi connectivity index (χ3v) is 1.93. The molecule has 0 unspecified atom stereocenters. The highest BCUT2D eigenvalue weighted by Gasteiger charge is 1.88. The first-order valence-electron chi connectivity index (χ1n) is 4.70. The Bertz CT molecular complexity index is 173. The lowest BCUT2D eigenvalue weighted by molar-refractivity contribution is 0.199. The number of rotatable bonds is 7. The second-order valence-electron chi connectivity index (χ2n) is 3.20. The van der Waals surface area contributed by atoms with E-state index in [1.165, 1.54) is 5.57 Å². The Balaban J connectivity index is 3.34. The first-order valence-corrected chi connectivity index (χ1v) is 4.70. The third-order valence-electron chi connectivity index (χ3n) is 1.93. The van der Waals surface area contributed by atoms with Crippen LogP contribution >= 0.6 is 0 Å². The van der Waals surface area contributed by atoms with E-state index in [4.69, 9.17) is 4.74 Å². The van der Waals surface area contributed by atoms with Crippen LogP contribution in [0.3, 0.4) is 0 Å². The van der Waals surface area contributed by atoms with Crippen LogP contribution in [-0.2, 0) is 4.74 Å². The Labute approximate surface area is 81.7 Å². The number of hydrogen-bond acceptors (Lipinski definition) is 2. The lowest BCUT2D eigenvalue weighted by Gasteiger charge is -2.02. The van der Waals surface area contributed by atoms with E-state index in [0.717, 1.165) is 31.7 Å². The molecule has 0 radical (unpaired) electrons. The summed E-state index contributed by atoms with van der Waals surface area (Å²) in [5.74, 6) is 0. The van der Waals surface area contributed by atoms with E-state index >= 15 is 0 Å². The van der Waals surface area contributed by atoms with Gasteiger partial charge in [0.2, 0.25) is 0 Å². The van der Waals surface area contributed by atoms with E-state index < -0.39 is 0 Å². The molecule has 0 aromatic heterocycles. The molecule has 0 bridgehead atoms. The Hall–Kier alpha value is -0.600. The average Bonchev–Trinajstić information content (AvgIpc) is 2.10. The Morgan fingerprint density at radius 2 is 2.08 bits per heavy atom. The van der Waals surface area contributed by atoms with E-state index in [9.17, 15) is 0 Å². The molecule has 0 rings (SSSR count). The molecular weight excluding hydrogens is 162 g/mol. The molecule has 0 saturated heterocycles. The topological polar surface area (TPSA) is 21.3 Å². The van der Waals surface area contributed by atoms with Crippen molar-refractivity contribution in [2.45, 2.75) is 20.3 Å². The number of methoxy groups -OCH3 is 1. The summed E-state index contributed by atoms with van der Waals surface area (Å²) in [5.41, 5.74) is 2.44. The quantitative estimate of drug-likeness (QED) is 0.482. The summed E-state index contributed by atoms with van der Waals surface area (Å²) in [7, 11) is 1.72. The van der Waals surface area contributed by atoms with Crippen molar-refractivity contribution in [1.29, 1.82) is 0 Å². The molecule has 0 fully saturated rings. The monoisotopic (exact) mass is 183 g/mol. The smallest absolute Gasteiger partial charge is 0.0587 e. The van der Waals surface area contributed by atoms with Gasteiger partial charge in [0.05, 0.1) is 6.61 Å². The molecule has 0 aliphatic heterocycles. The van der Waals surface area contributed by atoms with Crippen LogP contribution in [-0.4, -0.2) is 26.8 Å². The van der Waals surface area contributed by atoms with Crippen LogP contribution in [0.25, 0.3) is 0 Å². The third kappa shape index (κ3) is 7.75. The highest BCUT2D eigenvalue weighted by Crippen LogP contribution is 2.04. The van der Waals surface area contributed by atoms with Gasteiger partial charge in [-0.15, -0.1) is 0 Å². The fourth-order valence-corrected chi connectivity index (χ4v) is 0.864. The lowest BCUT2D eigenvalue weighted by atomic mass is 10.1. The molecule has 2 nitrogen and oxygen atoms in total. The maximum absolute atomic E-state index is 4.92. The van der Waals surface area contributed by atoms with Gasteiger partial charge in [-0.1, -0.05) is 23.8 Å². The maximum atomic E-state index is 4.92. The van der Waals surface area contributed by atoms with Gasteiger partial charge in [-0.2, -0.15) is 0 Å². The molecule has 0 aromatic rings. The summed E-state index contributed by atoms with van der Waals surface area (Å²) in [4.78, 5) is 0. The highest BCUT2D eigenvalue weighted by atomic mass is 16.5. The summed E-state index contributed by atoms with van der Waals surface area (Å²) >= 11 is 0. The van der Waals surface area contributed by atoms with Crippen molar-refractivity contribution < 1.29 is 4.74 Å². The molecule has 2 heteroatoms. The minimum absolute atomic E-state index is 0.781. The number of nitrogens with one attached hydrogen (secondary N) is 1. The molecule has 0 atom stereocenters. The SMILES string of the molecule is C=C(C)C(C)=CCCNCCOC. The van der Waals surface area contributed by atoms with Crippen molar-refractivity contribution in [3.8, 4) is 0 Å². The van der Waals surface area contributed by atoms with Crippen LogP contribution in [0.15, 0.2) is 23.8 Å². The second-order valence-corrected chi connectivity index (χ2v) is 3.20. The minimum atomic E-state index is 0.781. The van der Waals surface area contributed by atoms with Gasteiger partial charge in [-0.25, -0.2) is 0 Å². The first-order chi connectivity index (χ1) is 6.18. The number of allylic oxidation sites excluding steroid dienone is 2. The Morgan fingerprint density at radius 3 is 2.62 bits per heavy atom. The van der Waals surface area contributed by atoms with Crippen LogP contribution in [0.4, 0.5) is 0 Å². The summed E-state index contributed by atoms with van der Waals surface area (Å²) < 4.78 is 4.92. The van der Waals surface area contributed by atoms with E-state index in [0.29, 0.717) is 0 Å². The summed E-state index contributed by atoms with van der Waals surface area (Å²) in [5, 5.41) is 3.28. The molecule has 0 aromatic carbocycles. The summed E-state index contributed by atoms with van der Waals surface area (Å²) in [6.07, 6.45) is 3.27. The molecule has 0 aliphatic carbocycles. The maximum Gasteiger partial charge on any atom is 0.0587 e. The number of ether oxygens (including phenoxy) is 1. The summed E-state index contributed by atoms with van der Waals surface area (Å²) in [6.45, 7) is 10.7. The fourth-order valence-electron chi connectivity index (χ4n) is 0.864. The lowest BCUT2D eigenvalue weighted by Crippen LogP contribution is -2.19.